The Labute approximate surface area is 144 Å². The van der Waals surface area contributed by atoms with Gasteiger partial charge in [0, 0.05) is 13.2 Å². The highest BCUT2D eigenvalue weighted by Gasteiger charge is 2.13. The predicted octanol–water partition coefficient (Wildman–Crippen LogP) is 2.12. The number of benzene rings is 1. The number of anilines is 1. The van der Waals surface area contributed by atoms with Crippen LogP contribution < -0.4 is 10.9 Å². The third-order valence-corrected chi connectivity index (χ3v) is 4.69. The number of imidazole rings is 1. The normalized spacial score (nSPS) is 11.3. The summed E-state index contributed by atoms with van der Waals surface area (Å²) in [6.45, 7) is -0.0694. The van der Waals surface area contributed by atoms with Gasteiger partial charge in [0.05, 0.1) is 22.1 Å². The first-order chi connectivity index (χ1) is 12.0. The Balaban J connectivity index is 1.59. The van der Waals surface area contributed by atoms with Gasteiger partial charge in [-0.15, -0.1) is 0 Å². The number of rotatable bonds is 3. The van der Waals surface area contributed by atoms with Crippen molar-refractivity contribution in [3.63, 3.8) is 0 Å². The molecule has 0 saturated heterocycles. The summed E-state index contributed by atoms with van der Waals surface area (Å²) in [5.41, 5.74) is 1.29. The highest BCUT2D eigenvalue weighted by atomic mass is 32.1. The summed E-state index contributed by atoms with van der Waals surface area (Å²) in [5.74, 6) is -0.695. The number of pyridine rings is 1. The summed E-state index contributed by atoms with van der Waals surface area (Å²) >= 11 is 1.19. The number of carbonyl (C=O) groups excluding carboxylic acids is 1. The lowest BCUT2D eigenvalue weighted by Crippen LogP contribution is -2.22. The first-order valence-corrected chi connectivity index (χ1v) is 8.19. The maximum Gasteiger partial charge on any atom is 0.276 e. The number of thiazole rings is 1. The summed E-state index contributed by atoms with van der Waals surface area (Å²) in [6, 6.07) is 5.97. The van der Waals surface area contributed by atoms with Crippen molar-refractivity contribution in [3.8, 4) is 0 Å². The van der Waals surface area contributed by atoms with Crippen molar-refractivity contribution in [2.45, 2.75) is 6.54 Å². The molecule has 126 valence electrons. The Morgan fingerprint density at radius 3 is 3.00 bits per heavy atom. The second-order valence-electron chi connectivity index (χ2n) is 5.52. The number of fused-ring (bicyclic) bond motifs is 2. The molecule has 1 N–H and O–H groups in total. The summed E-state index contributed by atoms with van der Waals surface area (Å²) < 4.78 is 16.8. The van der Waals surface area contributed by atoms with Crippen molar-refractivity contribution in [2.75, 3.05) is 5.32 Å². The Bertz CT molecular complexity index is 1180. The molecule has 0 atom stereocenters. The minimum Gasteiger partial charge on any atom is -0.317 e. The molecule has 0 radical (unpaired) electrons. The van der Waals surface area contributed by atoms with Crippen LogP contribution in [-0.2, 0) is 18.4 Å². The number of halogens is 1. The lowest BCUT2D eigenvalue weighted by atomic mass is 10.3. The molecule has 1 amide bonds. The molecule has 0 unspecified atom stereocenters. The molecule has 0 aliphatic heterocycles. The van der Waals surface area contributed by atoms with Crippen LogP contribution in [0, 0.1) is 5.82 Å². The van der Waals surface area contributed by atoms with Gasteiger partial charge in [-0.05, 0) is 24.3 Å². The number of nitrogens with zero attached hydrogens (tertiary/aromatic N) is 4. The Morgan fingerprint density at radius 2 is 2.16 bits per heavy atom. The Kier molecular flexibility index (Phi) is 3.57. The molecule has 3 aromatic heterocycles. The van der Waals surface area contributed by atoms with Gasteiger partial charge in [0.2, 0.25) is 5.91 Å². The molecule has 7 nitrogen and oxygen atoms in total. The molecule has 0 saturated carbocycles. The lowest BCUT2D eigenvalue weighted by molar-refractivity contribution is -0.116. The SMILES string of the molecule is Cn1ccc2ncn(CC(=O)Nc3nc4ccc(F)cc4s3)c2c1=O. The third-order valence-electron chi connectivity index (χ3n) is 3.76. The average Bonchev–Trinajstić information content (AvgIpc) is 3.14. The molecule has 0 aliphatic carbocycles. The van der Waals surface area contributed by atoms with E-state index in [1.54, 1.807) is 25.4 Å². The second kappa shape index (κ2) is 5.78. The highest BCUT2D eigenvalue weighted by molar-refractivity contribution is 7.22. The second-order valence-corrected chi connectivity index (χ2v) is 6.55. The minimum absolute atomic E-state index is 0.0694. The third kappa shape index (κ3) is 2.78. The van der Waals surface area contributed by atoms with Gasteiger partial charge in [0.25, 0.3) is 5.56 Å². The summed E-state index contributed by atoms with van der Waals surface area (Å²) in [4.78, 5) is 32.9. The van der Waals surface area contributed by atoms with Gasteiger partial charge >= 0.3 is 0 Å². The molecule has 0 bridgehead atoms. The van der Waals surface area contributed by atoms with Gasteiger partial charge in [-0.3, -0.25) is 9.59 Å². The molecule has 4 rings (SSSR count). The number of carbonyl (C=O) groups is 1. The molecular formula is C16H12FN5O2S. The number of aryl methyl sites for hydroxylation is 1. The summed E-state index contributed by atoms with van der Waals surface area (Å²) in [6.07, 6.45) is 3.09. The van der Waals surface area contributed by atoms with Gasteiger partial charge < -0.3 is 14.5 Å². The number of nitrogens with one attached hydrogen (secondary N) is 1. The number of amides is 1. The Morgan fingerprint density at radius 1 is 1.32 bits per heavy atom. The first-order valence-electron chi connectivity index (χ1n) is 7.38. The van der Waals surface area contributed by atoms with Crippen LogP contribution in [0.5, 0.6) is 0 Å². The fourth-order valence-corrected chi connectivity index (χ4v) is 3.46. The molecular weight excluding hydrogens is 345 g/mol. The maximum absolute atomic E-state index is 13.2. The zero-order valence-electron chi connectivity index (χ0n) is 13.1. The largest absolute Gasteiger partial charge is 0.317 e. The van der Waals surface area contributed by atoms with Gasteiger partial charge in [-0.1, -0.05) is 11.3 Å². The number of hydrogen-bond donors (Lipinski definition) is 1. The van der Waals surface area contributed by atoms with Gasteiger partial charge in [-0.25, -0.2) is 14.4 Å². The molecule has 0 aliphatic rings. The van der Waals surface area contributed by atoms with E-state index in [0.29, 0.717) is 26.4 Å². The zero-order valence-corrected chi connectivity index (χ0v) is 13.9. The van der Waals surface area contributed by atoms with Gasteiger partial charge in [0.1, 0.15) is 17.9 Å². The highest BCUT2D eigenvalue weighted by Crippen LogP contribution is 2.26. The van der Waals surface area contributed by atoms with E-state index in [1.165, 1.54) is 38.9 Å². The maximum atomic E-state index is 13.2. The topological polar surface area (TPSA) is 81.8 Å². The smallest absolute Gasteiger partial charge is 0.276 e. The predicted molar refractivity (Wildman–Crippen MR) is 93.2 cm³/mol. The molecule has 25 heavy (non-hydrogen) atoms. The average molecular weight is 357 g/mol. The van der Waals surface area contributed by atoms with Crippen LogP contribution >= 0.6 is 11.3 Å². The van der Waals surface area contributed by atoms with Crippen molar-refractivity contribution >= 4 is 43.6 Å². The van der Waals surface area contributed by atoms with E-state index in [-0.39, 0.29) is 23.8 Å². The number of aromatic nitrogens is 4. The van der Waals surface area contributed by atoms with Crippen LogP contribution in [0.15, 0.2) is 41.6 Å². The molecule has 1 aromatic carbocycles. The van der Waals surface area contributed by atoms with E-state index >= 15 is 0 Å². The van der Waals surface area contributed by atoms with Crippen LogP contribution in [0.2, 0.25) is 0 Å². The van der Waals surface area contributed by atoms with E-state index in [0.717, 1.165) is 0 Å². The van der Waals surface area contributed by atoms with Crippen molar-refractivity contribution < 1.29 is 9.18 Å². The number of hydrogen-bond acceptors (Lipinski definition) is 5. The van der Waals surface area contributed by atoms with Crippen molar-refractivity contribution in [1.29, 1.82) is 0 Å². The first kappa shape index (κ1) is 15.5. The van der Waals surface area contributed by atoms with Crippen molar-refractivity contribution in [3.05, 3.63) is 53.0 Å². The van der Waals surface area contributed by atoms with Crippen LogP contribution in [-0.4, -0.2) is 25.0 Å². The van der Waals surface area contributed by atoms with E-state index in [4.69, 9.17) is 0 Å². The molecule has 0 spiro atoms. The summed E-state index contributed by atoms with van der Waals surface area (Å²) in [5, 5.41) is 3.05. The van der Waals surface area contributed by atoms with Gasteiger partial charge in [0.15, 0.2) is 5.13 Å². The van der Waals surface area contributed by atoms with Crippen LogP contribution in [0.1, 0.15) is 0 Å². The molecule has 3 heterocycles. The zero-order chi connectivity index (χ0) is 17.6. The molecule has 9 heteroatoms. The van der Waals surface area contributed by atoms with Crippen LogP contribution in [0.3, 0.4) is 0 Å². The minimum atomic E-state index is -0.352. The van der Waals surface area contributed by atoms with Crippen LogP contribution in [0.4, 0.5) is 9.52 Å². The van der Waals surface area contributed by atoms with Crippen molar-refractivity contribution in [2.24, 2.45) is 7.05 Å². The van der Waals surface area contributed by atoms with E-state index in [9.17, 15) is 14.0 Å². The van der Waals surface area contributed by atoms with E-state index in [1.807, 2.05) is 0 Å². The van der Waals surface area contributed by atoms with Crippen LogP contribution in [0.25, 0.3) is 21.3 Å². The van der Waals surface area contributed by atoms with E-state index in [2.05, 4.69) is 15.3 Å². The lowest BCUT2D eigenvalue weighted by Gasteiger charge is -2.04. The quantitative estimate of drug-likeness (QED) is 0.609. The van der Waals surface area contributed by atoms with Crippen molar-refractivity contribution in [1.82, 2.24) is 19.1 Å². The van der Waals surface area contributed by atoms with E-state index < -0.39 is 0 Å². The summed E-state index contributed by atoms with van der Waals surface area (Å²) in [7, 11) is 1.64. The Hall–Kier alpha value is -3.07. The monoisotopic (exact) mass is 357 g/mol. The fraction of sp³-hybridized carbons (Fsp3) is 0.125. The standard InChI is InChI=1S/C16H12FN5O2S/c1-21-5-4-11-14(15(21)24)22(8-18-11)7-13(23)20-16-19-10-3-2-9(17)6-12(10)25-16/h2-6,8H,7H2,1H3,(H,19,20,23). The van der Waals surface area contributed by atoms with Gasteiger partial charge in [-0.2, -0.15) is 0 Å². The fourth-order valence-electron chi connectivity index (χ4n) is 2.55. The molecule has 0 fully saturated rings. The molecule has 4 aromatic rings.